The summed E-state index contributed by atoms with van der Waals surface area (Å²) in [6.45, 7) is 14.1. The first kappa shape index (κ1) is 50.7. The molecule has 2 unspecified atom stereocenters. The van der Waals surface area contributed by atoms with E-state index in [2.05, 4.69) is 40.1 Å². The van der Waals surface area contributed by atoms with E-state index in [0.717, 1.165) is 9.79 Å². The lowest BCUT2D eigenvalue weighted by Crippen LogP contribution is -2.37. The zero-order valence-corrected chi connectivity index (χ0v) is 40.9. The smallest absolute Gasteiger partial charge is 0.342 e. The van der Waals surface area contributed by atoms with Crippen molar-refractivity contribution in [1.29, 1.82) is 0 Å². The lowest BCUT2D eigenvalue weighted by Gasteiger charge is -2.25. The van der Waals surface area contributed by atoms with Crippen LogP contribution in [-0.2, 0) is 50.8 Å². The Hall–Kier alpha value is -5.67. The largest absolute Gasteiger partial charge is 0.462 e. The van der Waals surface area contributed by atoms with E-state index in [9.17, 15) is 18.7 Å². The second-order valence-corrected chi connectivity index (χ2v) is 21.4. The van der Waals surface area contributed by atoms with Gasteiger partial charge in [0.1, 0.15) is 60.0 Å². The van der Waals surface area contributed by atoms with Crippen molar-refractivity contribution in [3.05, 3.63) is 73.8 Å². The van der Waals surface area contributed by atoms with Crippen LogP contribution in [0.5, 0.6) is 11.5 Å². The van der Waals surface area contributed by atoms with Gasteiger partial charge in [-0.3, -0.25) is 18.7 Å². The summed E-state index contributed by atoms with van der Waals surface area (Å²) in [5.41, 5.74) is 13.8. The first-order valence-corrected chi connectivity index (χ1v) is 25.7. The van der Waals surface area contributed by atoms with E-state index in [1.807, 2.05) is 0 Å². The fraction of sp³-hybridized carbons (Fsp3) is 0.429. The van der Waals surface area contributed by atoms with Gasteiger partial charge in [-0.25, -0.2) is 40.1 Å². The Morgan fingerprint density at radius 1 is 0.597 bits per heavy atom. The molecule has 0 saturated carbocycles. The van der Waals surface area contributed by atoms with Crippen molar-refractivity contribution in [2.45, 2.75) is 115 Å². The number of rotatable bonds is 24. The highest BCUT2D eigenvalue weighted by Crippen LogP contribution is 2.46. The first-order chi connectivity index (χ1) is 31.8. The number of fused-ring (bicyclic) bond motifs is 2. The normalized spacial score (nSPS) is 15.4. The SMILES string of the molecule is CC(C)OC(=O)[C@H](C)NP(=O)(CO[C@H](C)Cn1cnc2c(N)ncnc21)Oc1ccc(Sc2ccc(OP(=O)(CO[C@H](C)Cn3cnc4c(N)ncnc43)N[C@H](C)C(=O)OC(C)C)cc2)cc1. The Morgan fingerprint density at radius 2 is 0.970 bits per heavy atom. The fourth-order valence-electron chi connectivity index (χ4n) is 6.33. The summed E-state index contributed by atoms with van der Waals surface area (Å²) in [7, 11) is -7.79. The summed E-state index contributed by atoms with van der Waals surface area (Å²) in [4.78, 5) is 52.2. The molecular formula is C42H56N12O10P2S. The number of aromatic nitrogens is 8. The molecule has 0 radical (unpaired) electrons. The number of anilines is 2. The maximum Gasteiger partial charge on any atom is 0.342 e. The molecular weight excluding hydrogens is 927 g/mol. The van der Waals surface area contributed by atoms with Gasteiger partial charge in [-0.05, 0) is 104 Å². The molecule has 4 heterocycles. The number of nitrogens with two attached hydrogens (primary N) is 2. The molecule has 25 heteroatoms. The molecule has 0 aliphatic heterocycles. The second kappa shape index (κ2) is 22.4. The minimum Gasteiger partial charge on any atom is -0.462 e. The highest BCUT2D eigenvalue weighted by Gasteiger charge is 2.34. The predicted octanol–water partition coefficient (Wildman–Crippen LogP) is 6.41. The van der Waals surface area contributed by atoms with E-state index in [1.54, 1.807) is 112 Å². The number of esters is 2. The minimum atomic E-state index is -3.89. The zero-order chi connectivity index (χ0) is 48.5. The molecule has 360 valence electrons. The average Bonchev–Trinajstić information content (AvgIpc) is 3.88. The number of nitrogens with zero attached hydrogens (tertiary/aromatic N) is 8. The van der Waals surface area contributed by atoms with Crippen LogP contribution in [0.25, 0.3) is 22.3 Å². The van der Waals surface area contributed by atoms with E-state index < -0.39 is 51.3 Å². The van der Waals surface area contributed by atoms with E-state index in [4.69, 9.17) is 39.5 Å². The number of nitrogens with one attached hydrogen (secondary N) is 2. The third kappa shape index (κ3) is 14.2. The lowest BCUT2D eigenvalue weighted by molar-refractivity contribution is -0.149. The van der Waals surface area contributed by atoms with Gasteiger partial charge in [0.15, 0.2) is 22.9 Å². The van der Waals surface area contributed by atoms with Crippen molar-refractivity contribution in [2.75, 3.05) is 24.2 Å². The van der Waals surface area contributed by atoms with Gasteiger partial charge < -0.3 is 48.6 Å². The summed E-state index contributed by atoms with van der Waals surface area (Å²) in [6.07, 6.45) is 3.32. The van der Waals surface area contributed by atoms with Gasteiger partial charge in [-0.2, -0.15) is 0 Å². The van der Waals surface area contributed by atoms with Crippen LogP contribution in [0.4, 0.5) is 11.6 Å². The van der Waals surface area contributed by atoms with Crippen LogP contribution >= 0.6 is 26.8 Å². The second-order valence-electron chi connectivity index (χ2n) is 16.1. The van der Waals surface area contributed by atoms with Crippen LogP contribution in [0.3, 0.4) is 0 Å². The zero-order valence-electron chi connectivity index (χ0n) is 38.3. The number of imidazole rings is 2. The average molecular weight is 983 g/mol. The molecule has 0 aliphatic carbocycles. The van der Waals surface area contributed by atoms with E-state index in [1.165, 1.54) is 38.3 Å². The molecule has 6 atom stereocenters. The molecule has 67 heavy (non-hydrogen) atoms. The number of carbonyl (C=O) groups excluding carboxylic acids is 2. The Balaban J connectivity index is 1.09. The number of hydrogen-bond donors (Lipinski definition) is 4. The van der Waals surface area contributed by atoms with Gasteiger partial charge in [-0.15, -0.1) is 0 Å². The van der Waals surface area contributed by atoms with Gasteiger partial charge in [-0.1, -0.05) is 11.8 Å². The number of hydrogen-bond acceptors (Lipinski definition) is 19. The fourth-order valence-corrected chi connectivity index (χ4v) is 10.7. The maximum absolute atomic E-state index is 14.4. The van der Waals surface area contributed by atoms with Gasteiger partial charge >= 0.3 is 27.0 Å². The van der Waals surface area contributed by atoms with E-state index >= 15 is 0 Å². The third-order valence-electron chi connectivity index (χ3n) is 9.41. The highest BCUT2D eigenvalue weighted by atomic mass is 32.2. The molecule has 22 nitrogen and oxygen atoms in total. The van der Waals surface area contributed by atoms with Gasteiger partial charge in [0, 0.05) is 9.79 Å². The van der Waals surface area contributed by atoms with Gasteiger partial charge in [0.25, 0.3) is 0 Å². The topological polar surface area (TPSA) is 287 Å². The molecule has 4 aromatic heterocycles. The van der Waals surface area contributed by atoms with Crippen LogP contribution in [0.15, 0.2) is 83.6 Å². The monoisotopic (exact) mass is 982 g/mol. The Labute approximate surface area is 391 Å². The van der Waals surface area contributed by atoms with Crippen molar-refractivity contribution < 1.29 is 46.7 Å². The number of benzene rings is 2. The van der Waals surface area contributed by atoms with E-state index in [0.29, 0.717) is 35.4 Å². The third-order valence-corrected chi connectivity index (χ3v) is 14.0. The molecule has 6 aromatic rings. The van der Waals surface area contributed by atoms with Crippen molar-refractivity contribution in [3.8, 4) is 11.5 Å². The van der Waals surface area contributed by atoms with Gasteiger partial charge in [0.05, 0.1) is 50.2 Å². The van der Waals surface area contributed by atoms with Crippen LogP contribution in [0, 0.1) is 0 Å². The number of carbonyl (C=O) groups is 2. The highest BCUT2D eigenvalue weighted by molar-refractivity contribution is 7.99. The van der Waals surface area contributed by atoms with Crippen LogP contribution in [-0.4, -0.2) is 100 Å². The van der Waals surface area contributed by atoms with Crippen molar-refractivity contribution >= 4 is 72.7 Å². The molecule has 0 amide bonds. The van der Waals surface area contributed by atoms with E-state index in [-0.39, 0.29) is 48.0 Å². The predicted molar refractivity (Wildman–Crippen MR) is 251 cm³/mol. The Morgan fingerprint density at radius 3 is 1.33 bits per heavy atom. The van der Waals surface area contributed by atoms with Crippen LogP contribution < -0.4 is 30.7 Å². The molecule has 0 saturated heterocycles. The molecule has 0 aliphatic rings. The van der Waals surface area contributed by atoms with Crippen LogP contribution in [0.1, 0.15) is 55.4 Å². The summed E-state index contributed by atoms with van der Waals surface area (Å²) in [5, 5.41) is 5.64. The quantitative estimate of drug-likeness (QED) is 0.0376. The minimum absolute atomic E-state index is 0.249. The summed E-state index contributed by atoms with van der Waals surface area (Å²) in [5.74, 6) is -0.170. The molecule has 0 fully saturated rings. The molecule has 6 rings (SSSR count). The number of nitrogen functional groups attached to an aromatic ring is 2. The van der Waals surface area contributed by atoms with Gasteiger partial charge in [0.2, 0.25) is 0 Å². The first-order valence-electron chi connectivity index (χ1n) is 21.3. The van der Waals surface area contributed by atoms with Crippen molar-refractivity contribution in [3.63, 3.8) is 0 Å². The molecule has 0 bridgehead atoms. The Kier molecular flexibility index (Phi) is 17.0. The summed E-state index contributed by atoms with van der Waals surface area (Å²) in [6, 6.07) is 11.8. The summed E-state index contributed by atoms with van der Waals surface area (Å²) < 4.78 is 67.1. The standard InChI is InChI=1S/C42H56N12O10P2S/c1-25(2)61-41(55)29(7)51-65(57,23-59-27(5)17-53-21-49-35-37(43)45-19-47-39(35)53)63-31-9-13-33(14-10-31)67-34-15-11-32(12-16-34)64-66(58,52-30(8)42(56)62-26(3)4)24-60-28(6)18-54-22-50-36-38(44)46-20-48-40(36)54/h9-16,19-22,25-30H,17-18,23-24H2,1-8H3,(H,51,57)(H,52,58)(H2,43,45,47)(H2,44,46,48)/t27-,28-,29-,30+,65?,66?/m1/s1. The molecule has 6 N–H and O–H groups in total. The van der Waals surface area contributed by atoms with Crippen molar-refractivity contribution in [1.82, 2.24) is 49.2 Å². The maximum atomic E-state index is 14.4. The van der Waals surface area contributed by atoms with Crippen LogP contribution in [0.2, 0.25) is 0 Å². The molecule has 2 aromatic carbocycles. The molecule has 0 spiro atoms. The summed E-state index contributed by atoms with van der Waals surface area (Å²) >= 11 is 1.42. The lowest BCUT2D eigenvalue weighted by atomic mass is 10.3. The Bertz CT molecular complexity index is 2540. The van der Waals surface area contributed by atoms with Crippen molar-refractivity contribution in [2.24, 2.45) is 0 Å². The number of ether oxygens (including phenoxy) is 4.